The highest BCUT2D eigenvalue weighted by molar-refractivity contribution is 5.88. The number of ether oxygens (including phenoxy) is 1. The molecule has 2 aromatic carbocycles. The molecule has 25 heavy (non-hydrogen) atoms. The number of rotatable bonds is 7. The lowest BCUT2D eigenvalue weighted by atomic mass is 10.1. The van der Waals surface area contributed by atoms with Crippen LogP contribution < -0.4 is 10.1 Å². The Hall–Kier alpha value is -2.82. The number of hydrogen-bond acceptors (Lipinski definition) is 3. The Morgan fingerprint density at radius 1 is 1.04 bits per heavy atom. The van der Waals surface area contributed by atoms with E-state index >= 15 is 0 Å². The number of carbonyl (C=O) groups excluding carboxylic acids is 2. The molecule has 0 bridgehead atoms. The smallest absolute Gasteiger partial charge is 0.226 e. The average molecular weight is 340 g/mol. The van der Waals surface area contributed by atoms with E-state index in [-0.39, 0.29) is 11.8 Å². The van der Waals surface area contributed by atoms with Gasteiger partial charge in [0.25, 0.3) is 0 Å². The van der Waals surface area contributed by atoms with Gasteiger partial charge < -0.3 is 15.0 Å². The summed E-state index contributed by atoms with van der Waals surface area (Å²) in [7, 11) is 1.77. The Morgan fingerprint density at radius 3 is 2.28 bits per heavy atom. The fourth-order valence-electron chi connectivity index (χ4n) is 2.28. The van der Waals surface area contributed by atoms with E-state index in [9.17, 15) is 9.59 Å². The van der Waals surface area contributed by atoms with Crippen LogP contribution in [-0.2, 0) is 16.0 Å². The number of carbonyl (C=O) groups is 2. The van der Waals surface area contributed by atoms with E-state index in [1.807, 2.05) is 43.3 Å². The van der Waals surface area contributed by atoms with E-state index in [0.717, 1.165) is 17.0 Å². The Bertz CT molecular complexity index is 709. The van der Waals surface area contributed by atoms with Gasteiger partial charge in [0.05, 0.1) is 13.0 Å². The van der Waals surface area contributed by atoms with Crippen molar-refractivity contribution < 1.29 is 14.3 Å². The van der Waals surface area contributed by atoms with E-state index in [4.69, 9.17) is 4.74 Å². The molecule has 2 rings (SSSR count). The van der Waals surface area contributed by atoms with Gasteiger partial charge in [0, 0.05) is 19.7 Å². The van der Waals surface area contributed by atoms with Crippen LogP contribution in [0.4, 0.5) is 5.69 Å². The monoisotopic (exact) mass is 340 g/mol. The van der Waals surface area contributed by atoms with Crippen LogP contribution in [0.2, 0.25) is 0 Å². The van der Waals surface area contributed by atoms with Gasteiger partial charge in [-0.3, -0.25) is 9.59 Å². The summed E-state index contributed by atoms with van der Waals surface area (Å²) in [4.78, 5) is 24.9. The molecule has 0 spiro atoms. The minimum Gasteiger partial charge on any atom is -0.492 e. The standard InChI is InChI=1S/C20H24N2O3/c1-15-4-10-19(11-5-15)25-13-12-22(3)20(24)14-17-6-8-18(9-7-17)21-16(2)23/h4-11H,12-14H2,1-3H3,(H,21,23). The average Bonchev–Trinajstić information content (AvgIpc) is 2.58. The highest BCUT2D eigenvalue weighted by Gasteiger charge is 2.10. The van der Waals surface area contributed by atoms with E-state index < -0.39 is 0 Å². The van der Waals surface area contributed by atoms with E-state index in [0.29, 0.717) is 19.6 Å². The number of anilines is 1. The lowest BCUT2D eigenvalue weighted by molar-refractivity contribution is -0.129. The molecule has 5 nitrogen and oxygen atoms in total. The third kappa shape index (κ3) is 6.30. The molecule has 0 unspecified atom stereocenters. The zero-order chi connectivity index (χ0) is 18.2. The maximum absolute atomic E-state index is 12.3. The molecule has 0 aliphatic rings. The second-order valence-electron chi connectivity index (χ2n) is 6.03. The predicted molar refractivity (Wildman–Crippen MR) is 98.8 cm³/mol. The molecule has 0 saturated carbocycles. The second-order valence-corrected chi connectivity index (χ2v) is 6.03. The first-order valence-electron chi connectivity index (χ1n) is 8.24. The van der Waals surface area contributed by atoms with Gasteiger partial charge in [0.1, 0.15) is 12.4 Å². The third-order valence-corrected chi connectivity index (χ3v) is 3.77. The van der Waals surface area contributed by atoms with Crippen molar-refractivity contribution >= 4 is 17.5 Å². The molecule has 0 atom stereocenters. The molecule has 1 N–H and O–H groups in total. The largest absolute Gasteiger partial charge is 0.492 e. The predicted octanol–water partition coefficient (Wildman–Crippen LogP) is 3.03. The van der Waals surface area contributed by atoms with E-state index in [1.54, 1.807) is 24.1 Å². The molecule has 0 aromatic heterocycles. The summed E-state index contributed by atoms with van der Waals surface area (Å²) < 4.78 is 5.65. The molecular weight excluding hydrogens is 316 g/mol. The van der Waals surface area contributed by atoms with E-state index in [1.165, 1.54) is 12.5 Å². The lowest BCUT2D eigenvalue weighted by Crippen LogP contribution is -2.32. The number of amides is 2. The van der Waals surface area contributed by atoms with Gasteiger partial charge in [-0.15, -0.1) is 0 Å². The number of nitrogens with one attached hydrogen (secondary N) is 1. The summed E-state index contributed by atoms with van der Waals surface area (Å²) in [6.45, 7) is 4.47. The van der Waals surface area contributed by atoms with Crippen molar-refractivity contribution in [3.05, 3.63) is 59.7 Å². The van der Waals surface area contributed by atoms with Crippen molar-refractivity contribution in [2.45, 2.75) is 20.3 Å². The summed E-state index contributed by atoms with van der Waals surface area (Å²) in [5, 5.41) is 2.70. The summed E-state index contributed by atoms with van der Waals surface area (Å²) in [5.41, 5.74) is 2.82. The van der Waals surface area contributed by atoms with Gasteiger partial charge in [-0.05, 0) is 36.8 Å². The molecule has 132 valence electrons. The van der Waals surface area contributed by atoms with Crippen LogP contribution in [0, 0.1) is 6.92 Å². The van der Waals surface area contributed by atoms with Crippen molar-refractivity contribution in [1.82, 2.24) is 4.90 Å². The third-order valence-electron chi connectivity index (χ3n) is 3.77. The quantitative estimate of drug-likeness (QED) is 0.843. The van der Waals surface area contributed by atoms with Gasteiger partial charge in [0.2, 0.25) is 11.8 Å². The Balaban J connectivity index is 1.77. The van der Waals surface area contributed by atoms with Crippen LogP contribution in [0.1, 0.15) is 18.1 Å². The highest BCUT2D eigenvalue weighted by atomic mass is 16.5. The van der Waals surface area contributed by atoms with Crippen LogP contribution in [0.25, 0.3) is 0 Å². The molecule has 0 aliphatic heterocycles. The minimum atomic E-state index is -0.114. The lowest BCUT2D eigenvalue weighted by Gasteiger charge is -2.17. The Kier molecular flexibility index (Phi) is 6.57. The SMILES string of the molecule is CC(=O)Nc1ccc(CC(=O)N(C)CCOc2ccc(C)cc2)cc1. The number of hydrogen-bond donors (Lipinski definition) is 1. The summed E-state index contributed by atoms with van der Waals surface area (Å²) in [6.07, 6.45) is 0.321. The number of likely N-dealkylation sites (N-methyl/N-ethyl adjacent to an activating group) is 1. The Morgan fingerprint density at radius 2 is 1.68 bits per heavy atom. The van der Waals surface area contributed by atoms with Gasteiger partial charge in [-0.1, -0.05) is 29.8 Å². The number of nitrogens with zero attached hydrogens (tertiary/aromatic N) is 1. The molecule has 0 fully saturated rings. The van der Waals surface area contributed by atoms with Crippen LogP contribution in [0.5, 0.6) is 5.75 Å². The molecular formula is C20H24N2O3. The van der Waals surface area contributed by atoms with Crippen molar-refractivity contribution in [2.75, 3.05) is 25.5 Å². The van der Waals surface area contributed by atoms with Gasteiger partial charge >= 0.3 is 0 Å². The maximum Gasteiger partial charge on any atom is 0.226 e. The first-order valence-corrected chi connectivity index (χ1v) is 8.24. The molecule has 5 heteroatoms. The summed E-state index contributed by atoms with van der Waals surface area (Å²) >= 11 is 0. The van der Waals surface area contributed by atoms with Crippen molar-refractivity contribution in [2.24, 2.45) is 0 Å². The van der Waals surface area contributed by atoms with Crippen LogP contribution in [0.3, 0.4) is 0 Å². The molecule has 0 saturated heterocycles. The molecule has 0 heterocycles. The van der Waals surface area contributed by atoms with Gasteiger partial charge in [-0.2, -0.15) is 0 Å². The summed E-state index contributed by atoms with van der Waals surface area (Å²) in [5.74, 6) is 0.719. The van der Waals surface area contributed by atoms with Gasteiger partial charge in [-0.25, -0.2) is 0 Å². The molecule has 0 aliphatic carbocycles. The second kappa shape index (κ2) is 8.87. The molecule has 0 radical (unpaired) electrons. The molecule has 2 aromatic rings. The number of aryl methyl sites for hydroxylation is 1. The van der Waals surface area contributed by atoms with Crippen LogP contribution in [-0.4, -0.2) is 36.9 Å². The first-order chi connectivity index (χ1) is 11.9. The first kappa shape index (κ1) is 18.5. The topological polar surface area (TPSA) is 58.6 Å². The maximum atomic E-state index is 12.3. The van der Waals surface area contributed by atoms with E-state index in [2.05, 4.69) is 5.32 Å². The Labute approximate surface area is 148 Å². The minimum absolute atomic E-state index is 0.0276. The zero-order valence-corrected chi connectivity index (χ0v) is 14.9. The van der Waals surface area contributed by atoms with Crippen molar-refractivity contribution in [3.63, 3.8) is 0 Å². The van der Waals surface area contributed by atoms with Gasteiger partial charge in [0.15, 0.2) is 0 Å². The van der Waals surface area contributed by atoms with Crippen LogP contribution >= 0.6 is 0 Å². The normalized spacial score (nSPS) is 10.2. The highest BCUT2D eigenvalue weighted by Crippen LogP contribution is 2.12. The molecule has 2 amide bonds. The van der Waals surface area contributed by atoms with Crippen molar-refractivity contribution in [3.8, 4) is 5.75 Å². The summed E-state index contributed by atoms with van der Waals surface area (Å²) in [6, 6.07) is 15.1. The number of benzene rings is 2. The van der Waals surface area contributed by atoms with Crippen LogP contribution in [0.15, 0.2) is 48.5 Å². The fourth-order valence-corrected chi connectivity index (χ4v) is 2.28. The fraction of sp³-hybridized carbons (Fsp3) is 0.300. The zero-order valence-electron chi connectivity index (χ0n) is 14.9. The van der Waals surface area contributed by atoms with Crippen molar-refractivity contribution in [1.29, 1.82) is 0 Å².